The minimum Gasteiger partial charge on any atom is -0.481 e. The van der Waals surface area contributed by atoms with Gasteiger partial charge >= 0.3 is 12.0 Å². The molecule has 0 spiro atoms. The first-order chi connectivity index (χ1) is 9.04. The van der Waals surface area contributed by atoms with Crippen molar-refractivity contribution in [3.63, 3.8) is 0 Å². The summed E-state index contributed by atoms with van der Waals surface area (Å²) in [4.78, 5) is 26.8. The molecule has 2 N–H and O–H groups in total. The molecule has 0 aromatic heterocycles. The first kappa shape index (κ1) is 14.1. The van der Waals surface area contributed by atoms with Gasteiger partial charge in [-0.05, 0) is 25.2 Å². The average molecular weight is 270 g/mol. The van der Waals surface area contributed by atoms with Crippen LogP contribution in [-0.2, 0) is 4.79 Å². The van der Waals surface area contributed by atoms with Crippen LogP contribution < -0.4 is 0 Å². The molecule has 108 valence electrons. The Balaban J connectivity index is 2.00. The van der Waals surface area contributed by atoms with Crippen LogP contribution in [0.25, 0.3) is 0 Å². The van der Waals surface area contributed by atoms with Crippen LogP contribution in [0.1, 0.15) is 26.2 Å². The predicted molar refractivity (Wildman–Crippen MR) is 68.7 cm³/mol. The maximum absolute atomic E-state index is 12.4. The number of aliphatic carboxylic acids is 1. The fourth-order valence-corrected chi connectivity index (χ4v) is 2.87. The molecule has 1 heterocycles. The summed E-state index contributed by atoms with van der Waals surface area (Å²) in [6.07, 6.45) is 3.09. The predicted octanol–water partition coefficient (Wildman–Crippen LogP) is 0.606. The minimum atomic E-state index is -0.833. The van der Waals surface area contributed by atoms with Gasteiger partial charge < -0.3 is 20.0 Å². The van der Waals surface area contributed by atoms with Crippen LogP contribution in [0.15, 0.2) is 0 Å². The first-order valence-electron chi connectivity index (χ1n) is 6.93. The Bertz CT molecular complexity index is 357. The Morgan fingerprint density at radius 2 is 2.00 bits per heavy atom. The van der Waals surface area contributed by atoms with Gasteiger partial charge in [0, 0.05) is 25.7 Å². The standard InChI is InChI=1S/C13H22N2O4/c1-9-7-14(8-11(9)12(17)18)13(19)15(5-6-16)10-3-2-4-10/h9-11,16H,2-8H2,1H3,(H,17,18). The van der Waals surface area contributed by atoms with E-state index in [1.165, 1.54) is 0 Å². The first-order valence-corrected chi connectivity index (χ1v) is 6.93. The topological polar surface area (TPSA) is 81.1 Å². The summed E-state index contributed by atoms with van der Waals surface area (Å²) in [5.74, 6) is -1.32. The number of likely N-dealkylation sites (tertiary alicyclic amines) is 1. The van der Waals surface area contributed by atoms with E-state index < -0.39 is 11.9 Å². The smallest absolute Gasteiger partial charge is 0.320 e. The van der Waals surface area contributed by atoms with E-state index in [0.717, 1.165) is 19.3 Å². The maximum atomic E-state index is 12.4. The van der Waals surface area contributed by atoms with Gasteiger partial charge in [0.05, 0.1) is 12.5 Å². The molecule has 2 atom stereocenters. The number of amides is 2. The molecule has 2 unspecified atom stereocenters. The number of carboxylic acid groups (broad SMARTS) is 1. The van der Waals surface area contributed by atoms with Gasteiger partial charge in [-0.3, -0.25) is 4.79 Å². The second kappa shape index (κ2) is 5.77. The van der Waals surface area contributed by atoms with E-state index in [1.807, 2.05) is 6.92 Å². The number of carbonyl (C=O) groups is 2. The number of urea groups is 1. The van der Waals surface area contributed by atoms with Crippen LogP contribution in [0.2, 0.25) is 0 Å². The second-order valence-corrected chi connectivity index (χ2v) is 5.61. The molecule has 0 aromatic rings. The Morgan fingerprint density at radius 1 is 1.32 bits per heavy atom. The lowest BCUT2D eigenvalue weighted by atomic mass is 9.91. The zero-order valence-electron chi connectivity index (χ0n) is 11.3. The van der Waals surface area contributed by atoms with Crippen molar-refractivity contribution < 1.29 is 19.8 Å². The zero-order chi connectivity index (χ0) is 14.0. The number of hydrogen-bond acceptors (Lipinski definition) is 3. The molecule has 2 fully saturated rings. The number of nitrogens with zero attached hydrogens (tertiary/aromatic N) is 2. The lowest BCUT2D eigenvalue weighted by molar-refractivity contribution is -0.142. The number of aliphatic hydroxyl groups is 1. The lowest BCUT2D eigenvalue weighted by Gasteiger charge is -2.39. The van der Waals surface area contributed by atoms with E-state index in [2.05, 4.69) is 0 Å². The molecule has 0 radical (unpaired) electrons. The van der Waals surface area contributed by atoms with Crippen LogP contribution in [0.4, 0.5) is 4.79 Å². The van der Waals surface area contributed by atoms with Crippen molar-refractivity contribution in [2.75, 3.05) is 26.2 Å². The molecule has 1 aliphatic carbocycles. The molecule has 2 amide bonds. The van der Waals surface area contributed by atoms with Crippen molar-refractivity contribution in [2.45, 2.75) is 32.2 Å². The van der Waals surface area contributed by atoms with Crippen LogP contribution in [0.3, 0.4) is 0 Å². The summed E-state index contributed by atoms with van der Waals surface area (Å²) < 4.78 is 0. The van der Waals surface area contributed by atoms with Gasteiger partial charge in [-0.2, -0.15) is 0 Å². The van der Waals surface area contributed by atoms with Gasteiger partial charge in [0.25, 0.3) is 0 Å². The molecule has 6 nitrogen and oxygen atoms in total. The summed E-state index contributed by atoms with van der Waals surface area (Å²) in [6, 6.07) is 0.105. The van der Waals surface area contributed by atoms with Gasteiger partial charge in [-0.25, -0.2) is 4.79 Å². The molecule has 6 heteroatoms. The van der Waals surface area contributed by atoms with Crippen molar-refractivity contribution in [1.82, 2.24) is 9.80 Å². The van der Waals surface area contributed by atoms with Crippen LogP contribution in [-0.4, -0.2) is 64.3 Å². The number of carbonyl (C=O) groups excluding carboxylic acids is 1. The summed E-state index contributed by atoms with van der Waals surface area (Å²) in [7, 11) is 0. The molecular formula is C13H22N2O4. The third-order valence-electron chi connectivity index (χ3n) is 4.30. The third kappa shape index (κ3) is 2.83. The lowest BCUT2D eigenvalue weighted by Crippen LogP contribution is -2.51. The number of rotatable bonds is 4. The molecule has 1 saturated heterocycles. The van der Waals surface area contributed by atoms with E-state index >= 15 is 0 Å². The monoisotopic (exact) mass is 270 g/mol. The van der Waals surface area contributed by atoms with Gasteiger partial charge in [-0.15, -0.1) is 0 Å². The molecule has 2 rings (SSSR count). The van der Waals surface area contributed by atoms with Gasteiger partial charge in [-0.1, -0.05) is 6.92 Å². The highest BCUT2D eigenvalue weighted by Crippen LogP contribution is 2.29. The van der Waals surface area contributed by atoms with Crippen molar-refractivity contribution >= 4 is 12.0 Å². The normalized spacial score (nSPS) is 27.2. The summed E-state index contributed by atoms with van der Waals surface area (Å²) in [5, 5.41) is 18.2. The largest absolute Gasteiger partial charge is 0.481 e. The third-order valence-corrected chi connectivity index (χ3v) is 4.30. The van der Waals surface area contributed by atoms with Gasteiger partial charge in [0.2, 0.25) is 0 Å². The fourth-order valence-electron chi connectivity index (χ4n) is 2.87. The van der Waals surface area contributed by atoms with Crippen molar-refractivity contribution in [3.8, 4) is 0 Å². The average Bonchev–Trinajstić information content (AvgIpc) is 2.67. The summed E-state index contributed by atoms with van der Waals surface area (Å²) in [6.45, 7) is 2.93. The molecule has 1 aliphatic heterocycles. The Hall–Kier alpha value is -1.30. The Labute approximate surface area is 113 Å². The summed E-state index contributed by atoms with van der Waals surface area (Å²) >= 11 is 0. The van der Waals surface area contributed by atoms with E-state index in [1.54, 1.807) is 9.80 Å². The highest BCUT2D eigenvalue weighted by molar-refractivity contribution is 5.78. The van der Waals surface area contributed by atoms with E-state index in [-0.39, 0.29) is 31.1 Å². The molecule has 0 bridgehead atoms. The molecule has 2 aliphatic rings. The molecule has 19 heavy (non-hydrogen) atoms. The SMILES string of the molecule is CC1CN(C(=O)N(CCO)C2CCC2)CC1C(=O)O. The maximum Gasteiger partial charge on any atom is 0.320 e. The number of carboxylic acids is 1. The summed E-state index contributed by atoms with van der Waals surface area (Å²) in [5.41, 5.74) is 0. The molecule has 0 aromatic carbocycles. The van der Waals surface area contributed by atoms with Gasteiger partial charge in [0.1, 0.15) is 0 Å². The molecular weight excluding hydrogens is 248 g/mol. The van der Waals surface area contributed by atoms with Crippen LogP contribution in [0.5, 0.6) is 0 Å². The van der Waals surface area contributed by atoms with Crippen LogP contribution >= 0.6 is 0 Å². The highest BCUT2D eigenvalue weighted by Gasteiger charge is 2.40. The fraction of sp³-hybridized carbons (Fsp3) is 0.846. The van der Waals surface area contributed by atoms with Crippen molar-refractivity contribution in [1.29, 1.82) is 0 Å². The highest BCUT2D eigenvalue weighted by atomic mass is 16.4. The minimum absolute atomic E-state index is 0.0150. The Kier molecular flexibility index (Phi) is 4.29. The molecule has 1 saturated carbocycles. The van der Waals surface area contributed by atoms with Crippen LogP contribution in [0, 0.1) is 11.8 Å². The van der Waals surface area contributed by atoms with E-state index in [4.69, 9.17) is 10.2 Å². The van der Waals surface area contributed by atoms with Gasteiger partial charge in [0.15, 0.2) is 0 Å². The van der Waals surface area contributed by atoms with Crippen molar-refractivity contribution in [2.24, 2.45) is 11.8 Å². The quantitative estimate of drug-likeness (QED) is 0.784. The second-order valence-electron chi connectivity index (χ2n) is 5.61. The van der Waals surface area contributed by atoms with E-state index in [0.29, 0.717) is 13.1 Å². The number of hydrogen-bond donors (Lipinski definition) is 2. The van der Waals surface area contributed by atoms with E-state index in [9.17, 15) is 9.59 Å². The number of aliphatic hydroxyl groups excluding tert-OH is 1. The zero-order valence-corrected chi connectivity index (χ0v) is 11.3. The van der Waals surface area contributed by atoms with Crippen molar-refractivity contribution in [3.05, 3.63) is 0 Å². The Morgan fingerprint density at radius 3 is 2.42 bits per heavy atom.